The highest BCUT2D eigenvalue weighted by atomic mass is 19.2. The number of hydrogen-bond acceptors (Lipinski definition) is 0. The number of unbranched alkanes of at least 4 members (excludes halogenated alkanes) is 5. The second kappa shape index (κ2) is 10.7. The molecule has 0 nitrogen and oxygen atoms in total. The second-order valence-corrected chi connectivity index (χ2v) is 8.51. The first-order valence-corrected chi connectivity index (χ1v) is 11.5. The lowest BCUT2D eigenvalue weighted by atomic mass is 9.71. The predicted molar refractivity (Wildman–Crippen MR) is 125 cm³/mol. The third-order valence-corrected chi connectivity index (χ3v) is 6.52. The lowest BCUT2D eigenvalue weighted by Gasteiger charge is -2.36. The zero-order valence-corrected chi connectivity index (χ0v) is 18.3. The van der Waals surface area contributed by atoms with Crippen LogP contribution in [-0.2, 0) is 0 Å². The van der Waals surface area contributed by atoms with Gasteiger partial charge in [0.2, 0.25) is 0 Å². The van der Waals surface area contributed by atoms with Gasteiger partial charge < -0.3 is 0 Å². The van der Waals surface area contributed by atoms with Crippen molar-refractivity contribution < 1.29 is 8.78 Å². The summed E-state index contributed by atoms with van der Waals surface area (Å²) in [5.74, 6) is -0.613. The number of hydrogen-bond donors (Lipinski definition) is 0. The molecule has 0 bridgehead atoms. The maximum Gasteiger partial charge on any atom is 0.161 e. The van der Waals surface area contributed by atoms with Crippen LogP contribution < -0.4 is 0 Å². The van der Waals surface area contributed by atoms with Gasteiger partial charge in [-0.2, -0.15) is 0 Å². The van der Waals surface area contributed by atoms with Crippen LogP contribution in [0.3, 0.4) is 0 Å². The number of benzene rings is 2. The molecule has 2 atom stereocenters. The maximum absolute atomic E-state index is 15.3. The zero-order chi connectivity index (χ0) is 21.4. The SMILES string of the molecule is CCCCCCCCC1(CC)C=CC(c2ccc(-c3ccccc3)cc2)=C(F)C1F. The molecule has 0 aromatic heterocycles. The summed E-state index contributed by atoms with van der Waals surface area (Å²) in [5.41, 5.74) is 2.60. The fourth-order valence-electron chi connectivity index (χ4n) is 4.43. The largest absolute Gasteiger partial charge is 0.239 e. The molecular formula is C28H34F2. The van der Waals surface area contributed by atoms with E-state index in [9.17, 15) is 0 Å². The van der Waals surface area contributed by atoms with Gasteiger partial charge in [0.1, 0.15) is 5.83 Å². The van der Waals surface area contributed by atoms with Crippen molar-refractivity contribution in [2.24, 2.45) is 5.41 Å². The third kappa shape index (κ3) is 5.09. The van der Waals surface area contributed by atoms with Gasteiger partial charge in [-0.15, -0.1) is 0 Å². The summed E-state index contributed by atoms with van der Waals surface area (Å²) >= 11 is 0. The fraction of sp³-hybridized carbons (Fsp3) is 0.429. The van der Waals surface area contributed by atoms with E-state index in [1.807, 2.05) is 73.7 Å². The summed E-state index contributed by atoms with van der Waals surface area (Å²) < 4.78 is 30.5. The molecule has 1 aliphatic rings. The minimum Gasteiger partial charge on any atom is -0.239 e. The second-order valence-electron chi connectivity index (χ2n) is 8.51. The Hall–Kier alpha value is -2.22. The first-order valence-electron chi connectivity index (χ1n) is 11.5. The Morgan fingerprint density at radius 3 is 2.03 bits per heavy atom. The van der Waals surface area contributed by atoms with Gasteiger partial charge in [0.15, 0.2) is 6.17 Å². The monoisotopic (exact) mass is 408 g/mol. The first kappa shape index (κ1) is 22.5. The van der Waals surface area contributed by atoms with Crippen molar-refractivity contribution in [3.63, 3.8) is 0 Å². The molecule has 30 heavy (non-hydrogen) atoms. The Labute approximate surface area is 180 Å². The Morgan fingerprint density at radius 2 is 1.37 bits per heavy atom. The first-order chi connectivity index (χ1) is 14.6. The standard InChI is InChI=1S/C28H34F2/c1-3-5-6-7-8-12-20-28(4-2)21-19-25(26(29)27(28)30)24-17-15-23(16-18-24)22-13-10-9-11-14-22/h9-11,13-19,21,27H,3-8,12,20H2,1-2H3. The number of allylic oxidation sites excluding steroid dienone is 4. The third-order valence-electron chi connectivity index (χ3n) is 6.52. The van der Waals surface area contributed by atoms with Crippen molar-refractivity contribution in [2.45, 2.75) is 71.4 Å². The van der Waals surface area contributed by atoms with Gasteiger partial charge in [-0.1, -0.05) is 119 Å². The van der Waals surface area contributed by atoms with Gasteiger partial charge in [0.05, 0.1) is 0 Å². The van der Waals surface area contributed by atoms with Gasteiger partial charge in [-0.25, -0.2) is 8.78 Å². The molecule has 0 amide bonds. The van der Waals surface area contributed by atoms with Crippen molar-refractivity contribution in [3.8, 4) is 11.1 Å². The van der Waals surface area contributed by atoms with E-state index in [0.717, 1.165) is 29.5 Å². The normalized spacial score (nSPS) is 21.3. The Kier molecular flexibility index (Phi) is 8.01. The molecule has 0 radical (unpaired) electrons. The summed E-state index contributed by atoms with van der Waals surface area (Å²) in [7, 11) is 0. The average molecular weight is 409 g/mol. The van der Waals surface area contributed by atoms with E-state index in [1.54, 1.807) is 0 Å². The van der Waals surface area contributed by atoms with Crippen molar-refractivity contribution in [3.05, 3.63) is 78.1 Å². The number of halogens is 2. The lowest BCUT2D eigenvalue weighted by molar-refractivity contribution is 0.140. The highest BCUT2D eigenvalue weighted by molar-refractivity contribution is 5.79. The van der Waals surface area contributed by atoms with Crippen LogP contribution in [0.25, 0.3) is 16.7 Å². The average Bonchev–Trinajstić information content (AvgIpc) is 2.80. The minimum absolute atomic E-state index is 0.383. The Bertz CT molecular complexity index is 848. The summed E-state index contributed by atoms with van der Waals surface area (Å²) in [6.07, 6.45) is 10.5. The van der Waals surface area contributed by atoms with Crippen molar-refractivity contribution >= 4 is 5.57 Å². The number of alkyl halides is 1. The van der Waals surface area contributed by atoms with E-state index in [2.05, 4.69) is 6.92 Å². The number of rotatable bonds is 10. The molecule has 0 saturated carbocycles. The van der Waals surface area contributed by atoms with E-state index in [1.165, 1.54) is 25.7 Å². The quantitative estimate of drug-likeness (QED) is 0.344. The van der Waals surface area contributed by atoms with E-state index in [0.29, 0.717) is 18.4 Å². The highest BCUT2D eigenvalue weighted by Gasteiger charge is 2.41. The molecule has 2 unspecified atom stereocenters. The van der Waals surface area contributed by atoms with Crippen molar-refractivity contribution in [1.82, 2.24) is 0 Å². The van der Waals surface area contributed by atoms with Crippen molar-refractivity contribution in [1.29, 1.82) is 0 Å². The molecule has 0 spiro atoms. The Balaban J connectivity index is 1.70. The van der Waals surface area contributed by atoms with Gasteiger partial charge in [0, 0.05) is 11.0 Å². The lowest BCUT2D eigenvalue weighted by Crippen LogP contribution is -2.32. The summed E-state index contributed by atoms with van der Waals surface area (Å²) in [4.78, 5) is 0. The topological polar surface area (TPSA) is 0 Å². The molecule has 0 fully saturated rings. The molecule has 0 heterocycles. The summed E-state index contributed by atoms with van der Waals surface area (Å²) in [6, 6.07) is 17.8. The van der Waals surface area contributed by atoms with Gasteiger partial charge in [-0.05, 0) is 29.5 Å². The molecule has 160 valence electrons. The molecule has 2 heteroatoms. The maximum atomic E-state index is 15.3. The summed E-state index contributed by atoms with van der Waals surface area (Å²) in [6.45, 7) is 4.18. The van der Waals surface area contributed by atoms with E-state index < -0.39 is 17.4 Å². The van der Waals surface area contributed by atoms with Crippen LogP contribution in [-0.4, -0.2) is 6.17 Å². The summed E-state index contributed by atoms with van der Waals surface area (Å²) in [5, 5.41) is 0. The smallest absolute Gasteiger partial charge is 0.161 e. The van der Waals surface area contributed by atoms with Crippen LogP contribution in [0.5, 0.6) is 0 Å². The molecule has 0 aliphatic heterocycles. The molecule has 3 rings (SSSR count). The van der Waals surface area contributed by atoms with E-state index in [4.69, 9.17) is 0 Å². The van der Waals surface area contributed by atoms with Crippen LogP contribution >= 0.6 is 0 Å². The van der Waals surface area contributed by atoms with Crippen LogP contribution in [0, 0.1) is 5.41 Å². The molecule has 1 aliphatic carbocycles. The molecule has 2 aromatic carbocycles. The van der Waals surface area contributed by atoms with Crippen LogP contribution in [0.15, 0.2) is 72.6 Å². The molecular weight excluding hydrogens is 374 g/mol. The van der Waals surface area contributed by atoms with Gasteiger partial charge in [0.25, 0.3) is 0 Å². The Morgan fingerprint density at radius 1 is 0.767 bits per heavy atom. The molecule has 2 aromatic rings. The molecule has 0 saturated heterocycles. The van der Waals surface area contributed by atoms with Crippen LogP contribution in [0.4, 0.5) is 8.78 Å². The van der Waals surface area contributed by atoms with E-state index in [-0.39, 0.29) is 0 Å². The fourth-order valence-corrected chi connectivity index (χ4v) is 4.43. The van der Waals surface area contributed by atoms with E-state index >= 15 is 8.78 Å². The van der Waals surface area contributed by atoms with Crippen molar-refractivity contribution in [2.75, 3.05) is 0 Å². The van der Waals surface area contributed by atoms with Gasteiger partial charge >= 0.3 is 0 Å². The minimum atomic E-state index is -1.56. The zero-order valence-electron chi connectivity index (χ0n) is 18.3. The highest BCUT2D eigenvalue weighted by Crippen LogP contribution is 2.46. The predicted octanol–water partition coefficient (Wildman–Crippen LogP) is 9.09. The molecule has 0 N–H and O–H groups in total. The van der Waals surface area contributed by atoms with Crippen LogP contribution in [0.1, 0.15) is 70.8 Å². The van der Waals surface area contributed by atoms with Crippen LogP contribution in [0.2, 0.25) is 0 Å². The van der Waals surface area contributed by atoms with Gasteiger partial charge in [-0.3, -0.25) is 0 Å².